The summed E-state index contributed by atoms with van der Waals surface area (Å²) in [4.78, 5) is 8.36. The number of hydrogen-bond acceptors (Lipinski definition) is 5. The van der Waals surface area contributed by atoms with Crippen LogP contribution >= 0.6 is 0 Å². The molecule has 0 saturated carbocycles. The summed E-state index contributed by atoms with van der Waals surface area (Å²) in [5.41, 5.74) is 1.15. The molecule has 16 heavy (non-hydrogen) atoms. The fraction of sp³-hybridized carbons (Fsp3) is 0.364. The van der Waals surface area contributed by atoms with E-state index in [0.29, 0.717) is 12.3 Å². The number of hydrogen-bond donors (Lipinski definition) is 1. The zero-order chi connectivity index (χ0) is 10.8. The van der Waals surface area contributed by atoms with Gasteiger partial charge in [-0.05, 0) is 17.7 Å². The van der Waals surface area contributed by atoms with Gasteiger partial charge in [0.15, 0.2) is 5.82 Å². The van der Waals surface area contributed by atoms with Crippen LogP contribution in [0.4, 0.5) is 0 Å². The predicted octanol–water partition coefficient (Wildman–Crippen LogP) is 0.742. The Labute approximate surface area is 92.9 Å². The molecule has 0 amide bonds. The lowest BCUT2D eigenvalue weighted by molar-refractivity contribution is 0.306. The van der Waals surface area contributed by atoms with Crippen LogP contribution < -0.4 is 5.32 Å². The molecular weight excluding hydrogens is 204 g/mol. The summed E-state index contributed by atoms with van der Waals surface area (Å²) in [6, 6.07) is 3.92. The van der Waals surface area contributed by atoms with Gasteiger partial charge < -0.3 is 9.84 Å². The number of nitrogens with one attached hydrogen (secondary N) is 1. The van der Waals surface area contributed by atoms with Crippen LogP contribution in [0.25, 0.3) is 0 Å². The molecule has 0 aromatic carbocycles. The quantitative estimate of drug-likeness (QED) is 0.820. The zero-order valence-electron chi connectivity index (χ0n) is 8.76. The highest BCUT2D eigenvalue weighted by Gasteiger charge is 2.24. The summed E-state index contributed by atoms with van der Waals surface area (Å²) in [5.74, 6) is 1.90. The van der Waals surface area contributed by atoms with Crippen molar-refractivity contribution in [1.29, 1.82) is 0 Å². The van der Waals surface area contributed by atoms with E-state index in [1.807, 2.05) is 12.1 Å². The second kappa shape index (κ2) is 4.02. The molecule has 2 aromatic rings. The maximum absolute atomic E-state index is 5.22. The Kier molecular flexibility index (Phi) is 2.38. The lowest BCUT2D eigenvalue weighted by atomic mass is 10.0. The smallest absolute Gasteiger partial charge is 0.232 e. The van der Waals surface area contributed by atoms with Gasteiger partial charge in [0.05, 0.1) is 5.92 Å². The first-order chi connectivity index (χ1) is 7.92. The van der Waals surface area contributed by atoms with E-state index in [4.69, 9.17) is 4.52 Å². The Balaban J connectivity index is 1.73. The normalized spacial score (nSPS) is 16.0. The third-order valence-electron chi connectivity index (χ3n) is 2.73. The highest BCUT2D eigenvalue weighted by molar-refractivity contribution is 5.15. The van der Waals surface area contributed by atoms with Gasteiger partial charge in [0.1, 0.15) is 0 Å². The fourth-order valence-electron chi connectivity index (χ4n) is 1.65. The second-order valence-electron chi connectivity index (χ2n) is 3.94. The summed E-state index contributed by atoms with van der Waals surface area (Å²) < 4.78 is 5.22. The predicted molar refractivity (Wildman–Crippen MR) is 57.0 cm³/mol. The van der Waals surface area contributed by atoms with Gasteiger partial charge in [0, 0.05) is 31.9 Å². The van der Waals surface area contributed by atoms with Crippen molar-refractivity contribution in [3.05, 3.63) is 41.8 Å². The van der Waals surface area contributed by atoms with Crippen LogP contribution in [0, 0.1) is 0 Å². The second-order valence-corrected chi connectivity index (χ2v) is 3.94. The van der Waals surface area contributed by atoms with Crippen molar-refractivity contribution in [3.8, 4) is 0 Å². The summed E-state index contributed by atoms with van der Waals surface area (Å²) in [6.45, 7) is 1.88. The monoisotopic (exact) mass is 216 g/mol. The fourth-order valence-corrected chi connectivity index (χ4v) is 1.65. The highest BCUT2D eigenvalue weighted by Crippen LogP contribution is 2.18. The lowest BCUT2D eigenvalue weighted by Crippen LogP contribution is -2.40. The molecule has 1 fully saturated rings. The molecule has 1 saturated heterocycles. The minimum Gasteiger partial charge on any atom is -0.339 e. The third-order valence-corrected chi connectivity index (χ3v) is 2.73. The molecule has 0 atom stereocenters. The van der Waals surface area contributed by atoms with Crippen molar-refractivity contribution in [1.82, 2.24) is 20.4 Å². The Morgan fingerprint density at radius 3 is 2.81 bits per heavy atom. The first-order valence-corrected chi connectivity index (χ1v) is 5.34. The van der Waals surface area contributed by atoms with Crippen LogP contribution in [-0.2, 0) is 6.42 Å². The summed E-state index contributed by atoms with van der Waals surface area (Å²) in [7, 11) is 0. The maximum atomic E-state index is 5.22. The Bertz CT molecular complexity index is 464. The molecule has 0 aliphatic carbocycles. The van der Waals surface area contributed by atoms with Crippen molar-refractivity contribution >= 4 is 0 Å². The largest absolute Gasteiger partial charge is 0.339 e. The Morgan fingerprint density at radius 2 is 2.12 bits per heavy atom. The summed E-state index contributed by atoms with van der Waals surface area (Å²) in [5, 5.41) is 7.16. The molecular formula is C11H12N4O. The molecule has 0 bridgehead atoms. The van der Waals surface area contributed by atoms with E-state index in [1.165, 1.54) is 0 Å². The first-order valence-electron chi connectivity index (χ1n) is 5.34. The molecule has 1 N–H and O–H groups in total. The van der Waals surface area contributed by atoms with Gasteiger partial charge in [-0.3, -0.25) is 4.98 Å². The van der Waals surface area contributed by atoms with Crippen molar-refractivity contribution in [2.45, 2.75) is 12.3 Å². The minimum absolute atomic E-state index is 0.402. The topological polar surface area (TPSA) is 63.8 Å². The van der Waals surface area contributed by atoms with E-state index in [-0.39, 0.29) is 0 Å². The summed E-state index contributed by atoms with van der Waals surface area (Å²) >= 11 is 0. The minimum atomic E-state index is 0.402. The van der Waals surface area contributed by atoms with Crippen LogP contribution in [0.2, 0.25) is 0 Å². The Hall–Kier alpha value is -1.75. The van der Waals surface area contributed by atoms with Gasteiger partial charge in [-0.2, -0.15) is 4.98 Å². The molecule has 1 aliphatic heterocycles. The van der Waals surface area contributed by atoms with Crippen LogP contribution in [-0.4, -0.2) is 28.2 Å². The van der Waals surface area contributed by atoms with Gasteiger partial charge in [-0.25, -0.2) is 0 Å². The number of nitrogens with zero attached hydrogens (tertiary/aromatic N) is 3. The first kappa shape index (κ1) is 9.47. The van der Waals surface area contributed by atoms with Crippen LogP contribution in [0.1, 0.15) is 23.2 Å². The molecule has 1 aliphatic rings. The average molecular weight is 216 g/mol. The third kappa shape index (κ3) is 1.81. The van der Waals surface area contributed by atoms with Crippen LogP contribution in [0.15, 0.2) is 29.0 Å². The van der Waals surface area contributed by atoms with Crippen molar-refractivity contribution < 1.29 is 4.52 Å². The van der Waals surface area contributed by atoms with Crippen LogP contribution in [0.5, 0.6) is 0 Å². The number of rotatable bonds is 3. The van der Waals surface area contributed by atoms with Gasteiger partial charge in [0.25, 0.3) is 0 Å². The molecule has 3 rings (SSSR count). The molecule has 2 aromatic heterocycles. The van der Waals surface area contributed by atoms with Crippen LogP contribution in [0.3, 0.4) is 0 Å². The molecule has 5 nitrogen and oxygen atoms in total. The van der Waals surface area contributed by atoms with Gasteiger partial charge in [-0.15, -0.1) is 0 Å². The average Bonchev–Trinajstić information content (AvgIpc) is 2.65. The van der Waals surface area contributed by atoms with Crippen molar-refractivity contribution in [3.63, 3.8) is 0 Å². The van der Waals surface area contributed by atoms with E-state index in [0.717, 1.165) is 30.4 Å². The van der Waals surface area contributed by atoms with Gasteiger partial charge in [0.2, 0.25) is 5.89 Å². The maximum Gasteiger partial charge on any atom is 0.232 e. The van der Waals surface area contributed by atoms with E-state index < -0.39 is 0 Å². The molecule has 5 heteroatoms. The molecule has 3 heterocycles. The lowest BCUT2D eigenvalue weighted by Gasteiger charge is -2.22. The number of aromatic nitrogens is 3. The zero-order valence-corrected chi connectivity index (χ0v) is 8.76. The highest BCUT2D eigenvalue weighted by atomic mass is 16.5. The summed E-state index contributed by atoms with van der Waals surface area (Å²) in [6.07, 6.45) is 4.24. The molecule has 0 unspecified atom stereocenters. The van der Waals surface area contributed by atoms with E-state index in [9.17, 15) is 0 Å². The van der Waals surface area contributed by atoms with E-state index in [1.54, 1.807) is 12.4 Å². The van der Waals surface area contributed by atoms with Gasteiger partial charge in [-0.1, -0.05) is 5.16 Å². The Morgan fingerprint density at radius 1 is 1.31 bits per heavy atom. The van der Waals surface area contributed by atoms with Gasteiger partial charge >= 0.3 is 0 Å². The molecule has 0 radical (unpaired) electrons. The molecule has 0 spiro atoms. The van der Waals surface area contributed by atoms with Crippen molar-refractivity contribution in [2.24, 2.45) is 0 Å². The van der Waals surface area contributed by atoms with E-state index >= 15 is 0 Å². The standard InChI is InChI=1S/C11H12N4O/c1-3-12-4-2-8(1)5-10-14-11(16-15-10)9-6-13-7-9/h1-4,9,13H,5-7H2. The number of pyridine rings is 1. The van der Waals surface area contributed by atoms with E-state index in [2.05, 4.69) is 20.4 Å². The molecule has 82 valence electrons. The SMILES string of the molecule is c1cc(Cc2noc(C3CNC3)n2)ccn1. The van der Waals surface area contributed by atoms with Crippen molar-refractivity contribution in [2.75, 3.05) is 13.1 Å².